The number of hydrogen-bond acceptors (Lipinski definition) is 6. The van der Waals surface area contributed by atoms with Crippen LogP contribution in [-0.4, -0.2) is 24.8 Å². The molecule has 2 heterocycles. The summed E-state index contributed by atoms with van der Waals surface area (Å²) in [5.74, 6) is 1.12. The summed E-state index contributed by atoms with van der Waals surface area (Å²) in [7, 11) is 1.52. The Kier molecular flexibility index (Phi) is 4.76. The molecule has 1 unspecified atom stereocenters. The van der Waals surface area contributed by atoms with Gasteiger partial charge in [-0.25, -0.2) is 4.79 Å². The van der Waals surface area contributed by atoms with Gasteiger partial charge in [-0.1, -0.05) is 5.57 Å². The van der Waals surface area contributed by atoms with Gasteiger partial charge in [-0.2, -0.15) is 0 Å². The van der Waals surface area contributed by atoms with Gasteiger partial charge in [0.1, 0.15) is 39.9 Å². The summed E-state index contributed by atoms with van der Waals surface area (Å²) in [6.07, 6.45) is 1.49. The third-order valence-corrected chi connectivity index (χ3v) is 4.57. The molecule has 2 aromatic rings. The van der Waals surface area contributed by atoms with Crippen LogP contribution in [-0.2, 0) is 16.0 Å². The SMILES string of the molecule is COc1c2c(cc3oc(C)cc(=O)c13)OC(C(C)(C)OC(=O)C=C(C)C)C2. The molecule has 3 rings (SSSR count). The van der Waals surface area contributed by atoms with Crippen LogP contribution in [0.1, 0.15) is 39.0 Å². The summed E-state index contributed by atoms with van der Waals surface area (Å²) in [5.41, 5.74) is 1.02. The summed E-state index contributed by atoms with van der Waals surface area (Å²) in [6.45, 7) is 8.99. The standard InChI is InChI=1S/C21H24O6/c1-11(2)7-18(23)27-21(4,5)17-9-13-15(26-17)10-16-19(20(13)24-6)14(22)8-12(3)25-16/h7-8,10,17H,9H2,1-6H3. The fourth-order valence-electron chi connectivity index (χ4n) is 3.31. The number of esters is 1. The van der Waals surface area contributed by atoms with Crippen molar-refractivity contribution in [1.29, 1.82) is 0 Å². The highest BCUT2D eigenvalue weighted by atomic mass is 16.6. The average Bonchev–Trinajstić information content (AvgIpc) is 2.95. The zero-order valence-electron chi connectivity index (χ0n) is 16.5. The van der Waals surface area contributed by atoms with Crippen molar-refractivity contribution in [2.75, 3.05) is 7.11 Å². The number of ether oxygens (including phenoxy) is 3. The Morgan fingerprint density at radius 2 is 2.00 bits per heavy atom. The fraction of sp³-hybridized carbons (Fsp3) is 0.429. The second-order valence-electron chi connectivity index (χ2n) is 7.54. The minimum absolute atomic E-state index is 0.161. The van der Waals surface area contributed by atoms with Crippen molar-refractivity contribution in [2.24, 2.45) is 0 Å². The van der Waals surface area contributed by atoms with Crippen LogP contribution in [0.15, 0.2) is 33.0 Å². The molecule has 0 spiro atoms. The minimum Gasteiger partial charge on any atom is -0.495 e. The molecule has 1 aliphatic rings. The van der Waals surface area contributed by atoms with E-state index in [9.17, 15) is 9.59 Å². The number of benzene rings is 1. The minimum atomic E-state index is -0.868. The van der Waals surface area contributed by atoms with Crippen LogP contribution in [0.4, 0.5) is 0 Å². The average molecular weight is 372 g/mol. The molecule has 6 nitrogen and oxygen atoms in total. The van der Waals surface area contributed by atoms with Crippen LogP contribution in [0.5, 0.6) is 11.5 Å². The van der Waals surface area contributed by atoms with Crippen LogP contribution in [0.3, 0.4) is 0 Å². The lowest BCUT2D eigenvalue weighted by molar-refractivity contribution is -0.158. The first-order valence-corrected chi connectivity index (χ1v) is 8.81. The monoisotopic (exact) mass is 372 g/mol. The molecule has 0 bridgehead atoms. The van der Waals surface area contributed by atoms with Crippen molar-refractivity contribution in [2.45, 2.75) is 52.7 Å². The molecule has 0 radical (unpaired) electrons. The molecule has 1 aliphatic heterocycles. The smallest absolute Gasteiger partial charge is 0.331 e. The Bertz CT molecular complexity index is 992. The third-order valence-electron chi connectivity index (χ3n) is 4.57. The van der Waals surface area contributed by atoms with Crippen LogP contribution in [0.2, 0.25) is 0 Å². The number of carbonyl (C=O) groups is 1. The molecule has 0 saturated carbocycles. The number of allylic oxidation sites excluding steroid dienone is 1. The number of methoxy groups -OCH3 is 1. The van der Waals surface area contributed by atoms with Crippen molar-refractivity contribution in [3.05, 3.63) is 45.3 Å². The highest BCUT2D eigenvalue weighted by molar-refractivity contribution is 5.88. The summed E-state index contributed by atoms with van der Waals surface area (Å²) in [5, 5.41) is 0.394. The lowest BCUT2D eigenvalue weighted by atomic mass is 9.95. The van der Waals surface area contributed by atoms with Gasteiger partial charge >= 0.3 is 5.97 Å². The van der Waals surface area contributed by atoms with Crippen LogP contribution >= 0.6 is 0 Å². The molecule has 0 aliphatic carbocycles. The summed E-state index contributed by atoms with van der Waals surface area (Å²) < 4.78 is 22.9. The summed E-state index contributed by atoms with van der Waals surface area (Å²) >= 11 is 0. The van der Waals surface area contributed by atoms with E-state index < -0.39 is 17.7 Å². The number of fused-ring (bicyclic) bond motifs is 2. The maximum absolute atomic E-state index is 12.4. The topological polar surface area (TPSA) is 75.0 Å². The molecule has 0 fully saturated rings. The molecule has 1 atom stereocenters. The first-order chi connectivity index (χ1) is 12.6. The highest BCUT2D eigenvalue weighted by Crippen LogP contribution is 2.43. The van der Waals surface area contributed by atoms with E-state index in [0.29, 0.717) is 34.6 Å². The van der Waals surface area contributed by atoms with E-state index in [1.165, 1.54) is 19.3 Å². The largest absolute Gasteiger partial charge is 0.495 e. The van der Waals surface area contributed by atoms with E-state index >= 15 is 0 Å². The first-order valence-electron chi connectivity index (χ1n) is 8.81. The molecular formula is C21H24O6. The quantitative estimate of drug-likeness (QED) is 0.602. The molecular weight excluding hydrogens is 348 g/mol. The van der Waals surface area contributed by atoms with E-state index in [4.69, 9.17) is 18.6 Å². The lowest BCUT2D eigenvalue weighted by Gasteiger charge is -2.30. The van der Waals surface area contributed by atoms with Crippen LogP contribution < -0.4 is 14.9 Å². The van der Waals surface area contributed by atoms with Gasteiger partial charge < -0.3 is 18.6 Å². The predicted octanol–water partition coefficient (Wildman–Crippen LogP) is 3.70. The Hall–Kier alpha value is -2.76. The molecule has 0 N–H and O–H groups in total. The van der Waals surface area contributed by atoms with E-state index in [-0.39, 0.29) is 5.43 Å². The van der Waals surface area contributed by atoms with E-state index in [1.807, 2.05) is 13.8 Å². The third kappa shape index (κ3) is 3.56. The van der Waals surface area contributed by atoms with Gasteiger partial charge in [-0.15, -0.1) is 0 Å². The van der Waals surface area contributed by atoms with Gasteiger partial charge in [0.25, 0.3) is 0 Å². The maximum Gasteiger partial charge on any atom is 0.331 e. The number of aryl methyl sites for hydroxylation is 1. The van der Waals surface area contributed by atoms with Gasteiger partial charge in [0.05, 0.1) is 7.11 Å². The Morgan fingerprint density at radius 3 is 2.63 bits per heavy atom. The zero-order valence-corrected chi connectivity index (χ0v) is 16.5. The van der Waals surface area contributed by atoms with Gasteiger partial charge in [-0.3, -0.25) is 4.79 Å². The fourth-order valence-corrected chi connectivity index (χ4v) is 3.31. The van der Waals surface area contributed by atoms with E-state index in [0.717, 1.165) is 11.1 Å². The number of hydrogen-bond donors (Lipinski definition) is 0. The van der Waals surface area contributed by atoms with E-state index in [2.05, 4.69) is 0 Å². The Labute approximate surface area is 157 Å². The van der Waals surface area contributed by atoms with Gasteiger partial charge in [0.15, 0.2) is 5.43 Å². The number of carbonyl (C=O) groups excluding carboxylic acids is 1. The van der Waals surface area contributed by atoms with Crippen molar-refractivity contribution in [3.63, 3.8) is 0 Å². The molecule has 144 valence electrons. The molecule has 1 aromatic heterocycles. The van der Waals surface area contributed by atoms with E-state index in [1.54, 1.807) is 26.8 Å². The molecule has 6 heteroatoms. The molecule has 27 heavy (non-hydrogen) atoms. The Morgan fingerprint density at radius 1 is 1.30 bits per heavy atom. The van der Waals surface area contributed by atoms with Crippen molar-refractivity contribution < 1.29 is 23.4 Å². The first kappa shape index (κ1) is 19.0. The van der Waals surface area contributed by atoms with Gasteiger partial charge in [0.2, 0.25) is 0 Å². The maximum atomic E-state index is 12.4. The second kappa shape index (κ2) is 6.76. The van der Waals surface area contributed by atoms with Crippen molar-refractivity contribution >= 4 is 16.9 Å². The van der Waals surface area contributed by atoms with Gasteiger partial charge in [-0.05, 0) is 34.6 Å². The van der Waals surface area contributed by atoms with Crippen molar-refractivity contribution in [1.82, 2.24) is 0 Å². The lowest BCUT2D eigenvalue weighted by Crippen LogP contribution is -2.43. The highest BCUT2D eigenvalue weighted by Gasteiger charge is 2.41. The predicted molar refractivity (Wildman–Crippen MR) is 101 cm³/mol. The number of rotatable bonds is 4. The Balaban J connectivity index is 2.00. The van der Waals surface area contributed by atoms with Crippen LogP contribution in [0.25, 0.3) is 11.0 Å². The zero-order chi connectivity index (χ0) is 19.9. The summed E-state index contributed by atoms with van der Waals surface area (Å²) in [4.78, 5) is 24.5. The normalized spacial score (nSPS) is 15.9. The second-order valence-corrected chi connectivity index (χ2v) is 7.54. The summed E-state index contributed by atoms with van der Waals surface area (Å²) in [6, 6.07) is 3.14. The molecule has 0 saturated heterocycles. The molecule has 0 amide bonds. The van der Waals surface area contributed by atoms with Gasteiger partial charge in [0, 0.05) is 30.2 Å². The van der Waals surface area contributed by atoms with Crippen molar-refractivity contribution in [3.8, 4) is 11.5 Å². The molecule has 1 aromatic carbocycles. The van der Waals surface area contributed by atoms with Crippen LogP contribution in [0, 0.1) is 6.92 Å².